The van der Waals surface area contributed by atoms with E-state index in [0.717, 1.165) is 12.1 Å². The van der Waals surface area contributed by atoms with Crippen molar-refractivity contribution in [1.29, 1.82) is 0 Å². The third-order valence-corrected chi connectivity index (χ3v) is 1.96. The highest BCUT2D eigenvalue weighted by Crippen LogP contribution is 2.31. The van der Waals surface area contributed by atoms with Crippen molar-refractivity contribution in [3.05, 3.63) is 29.1 Å². The summed E-state index contributed by atoms with van der Waals surface area (Å²) in [6.07, 6.45) is 0. The summed E-state index contributed by atoms with van der Waals surface area (Å²) in [5, 5.41) is 8.71. The topological polar surface area (TPSA) is 63.6 Å². The number of carbonyl (C=O) groups is 2. The van der Waals surface area contributed by atoms with Crippen LogP contribution >= 0.6 is 0 Å². The quantitative estimate of drug-likeness (QED) is 0.730. The fourth-order valence-corrected chi connectivity index (χ4v) is 1.35. The van der Waals surface area contributed by atoms with Crippen LogP contribution in [0.25, 0.3) is 0 Å². The van der Waals surface area contributed by atoms with E-state index < -0.39 is 17.6 Å². The van der Waals surface area contributed by atoms with Crippen LogP contribution in [0.3, 0.4) is 0 Å². The van der Waals surface area contributed by atoms with Gasteiger partial charge in [0.1, 0.15) is 17.1 Å². The van der Waals surface area contributed by atoms with Crippen molar-refractivity contribution in [1.82, 2.24) is 0 Å². The highest BCUT2D eigenvalue weighted by atomic mass is 19.1. The van der Waals surface area contributed by atoms with Crippen molar-refractivity contribution >= 4 is 11.8 Å². The van der Waals surface area contributed by atoms with Crippen LogP contribution in [-0.4, -0.2) is 23.5 Å². The van der Waals surface area contributed by atoms with Gasteiger partial charge in [0, 0.05) is 0 Å². The average Bonchev–Trinajstić information content (AvgIpc) is 2.49. The molecule has 0 aliphatic carbocycles. The lowest BCUT2D eigenvalue weighted by Crippen LogP contribution is -2.01. The van der Waals surface area contributed by atoms with Crippen LogP contribution in [0.1, 0.15) is 20.7 Å². The standard InChI is InChI=1S/C9H5FO4/c10-5-2-1-4(9(12)13)8-7(5)6(11)3-14-8/h1-2H,3H2,(H,12,13). The average molecular weight is 196 g/mol. The molecule has 1 N–H and O–H groups in total. The number of aromatic carboxylic acids is 1. The van der Waals surface area contributed by atoms with Gasteiger partial charge in [-0.15, -0.1) is 0 Å². The normalized spacial score (nSPS) is 13.6. The van der Waals surface area contributed by atoms with E-state index in [1.165, 1.54) is 0 Å². The summed E-state index contributed by atoms with van der Waals surface area (Å²) in [7, 11) is 0. The van der Waals surface area contributed by atoms with Crippen LogP contribution in [0.5, 0.6) is 5.75 Å². The number of hydrogen-bond acceptors (Lipinski definition) is 3. The van der Waals surface area contributed by atoms with Gasteiger partial charge in [-0.05, 0) is 12.1 Å². The van der Waals surface area contributed by atoms with E-state index in [2.05, 4.69) is 0 Å². The van der Waals surface area contributed by atoms with Gasteiger partial charge in [0.25, 0.3) is 0 Å². The Labute approximate surface area is 77.9 Å². The van der Waals surface area contributed by atoms with Crippen molar-refractivity contribution in [2.24, 2.45) is 0 Å². The van der Waals surface area contributed by atoms with Gasteiger partial charge >= 0.3 is 5.97 Å². The van der Waals surface area contributed by atoms with Crippen molar-refractivity contribution in [3.63, 3.8) is 0 Å². The van der Waals surface area contributed by atoms with Crippen LogP contribution in [0, 0.1) is 5.82 Å². The second-order valence-corrected chi connectivity index (χ2v) is 2.82. The van der Waals surface area contributed by atoms with Gasteiger partial charge in [0.15, 0.2) is 6.61 Å². The Morgan fingerprint density at radius 3 is 2.86 bits per heavy atom. The predicted molar refractivity (Wildman–Crippen MR) is 43.2 cm³/mol. The third kappa shape index (κ3) is 1.06. The monoisotopic (exact) mass is 196 g/mol. The molecular formula is C9H5FO4. The Bertz CT molecular complexity index is 439. The fourth-order valence-electron chi connectivity index (χ4n) is 1.35. The molecule has 1 aliphatic rings. The van der Waals surface area contributed by atoms with Gasteiger partial charge < -0.3 is 9.84 Å². The van der Waals surface area contributed by atoms with Crippen LogP contribution in [0.4, 0.5) is 4.39 Å². The number of halogens is 1. The number of rotatable bonds is 1. The number of carboxylic acids is 1. The summed E-state index contributed by atoms with van der Waals surface area (Å²) in [4.78, 5) is 21.8. The molecule has 1 aromatic carbocycles. The molecule has 0 aromatic heterocycles. The summed E-state index contributed by atoms with van der Waals surface area (Å²) in [5.41, 5.74) is -0.447. The number of ether oxygens (including phenoxy) is 1. The number of hydrogen-bond donors (Lipinski definition) is 1. The lowest BCUT2D eigenvalue weighted by molar-refractivity contribution is 0.0692. The Morgan fingerprint density at radius 1 is 1.50 bits per heavy atom. The second-order valence-electron chi connectivity index (χ2n) is 2.82. The number of benzene rings is 1. The van der Waals surface area contributed by atoms with E-state index in [9.17, 15) is 14.0 Å². The second kappa shape index (κ2) is 2.80. The molecule has 1 aromatic rings. The van der Waals surface area contributed by atoms with Gasteiger partial charge in [-0.3, -0.25) is 4.79 Å². The minimum Gasteiger partial charge on any atom is -0.484 e. The van der Waals surface area contributed by atoms with Crippen molar-refractivity contribution in [3.8, 4) is 5.75 Å². The molecule has 0 amide bonds. The largest absolute Gasteiger partial charge is 0.484 e. The fraction of sp³-hybridized carbons (Fsp3) is 0.111. The van der Waals surface area contributed by atoms with Crippen molar-refractivity contribution < 1.29 is 23.8 Å². The Kier molecular flexibility index (Phi) is 1.73. The molecule has 0 atom stereocenters. The number of fused-ring (bicyclic) bond motifs is 1. The molecule has 4 nitrogen and oxygen atoms in total. The zero-order valence-corrected chi connectivity index (χ0v) is 6.91. The molecule has 0 bridgehead atoms. The highest BCUT2D eigenvalue weighted by Gasteiger charge is 2.29. The van der Waals surface area contributed by atoms with E-state index in [1.807, 2.05) is 0 Å². The summed E-state index contributed by atoms with van der Waals surface area (Å²) in [6, 6.07) is 2.03. The Hall–Kier alpha value is -1.91. The molecule has 0 unspecified atom stereocenters. The minimum atomic E-state index is -1.24. The lowest BCUT2D eigenvalue weighted by atomic mass is 10.1. The van der Waals surface area contributed by atoms with E-state index in [0.29, 0.717) is 0 Å². The van der Waals surface area contributed by atoms with E-state index >= 15 is 0 Å². The molecule has 1 aliphatic heterocycles. The summed E-state index contributed by atoms with van der Waals surface area (Å²) in [5.74, 6) is -2.67. The van der Waals surface area contributed by atoms with E-state index in [4.69, 9.17) is 9.84 Å². The Morgan fingerprint density at radius 2 is 2.21 bits per heavy atom. The zero-order chi connectivity index (χ0) is 10.3. The van der Waals surface area contributed by atoms with Crippen LogP contribution in [0.15, 0.2) is 12.1 Å². The van der Waals surface area contributed by atoms with Gasteiger partial charge in [-0.2, -0.15) is 0 Å². The van der Waals surface area contributed by atoms with E-state index in [-0.39, 0.29) is 23.5 Å². The van der Waals surface area contributed by atoms with Crippen molar-refractivity contribution in [2.45, 2.75) is 0 Å². The van der Waals surface area contributed by atoms with Crippen LogP contribution in [0.2, 0.25) is 0 Å². The summed E-state index contributed by atoms with van der Waals surface area (Å²) < 4.78 is 17.9. The molecule has 1 heterocycles. The maximum Gasteiger partial charge on any atom is 0.339 e. The molecule has 5 heteroatoms. The summed E-state index contributed by atoms with van der Waals surface area (Å²) in [6.45, 7) is -0.295. The smallest absolute Gasteiger partial charge is 0.339 e. The maximum absolute atomic E-state index is 13.1. The predicted octanol–water partition coefficient (Wildman–Crippen LogP) is 1.10. The molecule has 0 saturated carbocycles. The highest BCUT2D eigenvalue weighted by molar-refractivity contribution is 6.06. The molecule has 0 spiro atoms. The minimum absolute atomic E-state index is 0.164. The number of carboxylic acid groups (broad SMARTS) is 1. The van der Waals surface area contributed by atoms with Crippen molar-refractivity contribution in [2.75, 3.05) is 6.61 Å². The first kappa shape index (κ1) is 8.68. The molecule has 0 fully saturated rings. The number of ketones is 1. The SMILES string of the molecule is O=C(O)c1ccc(F)c2c1OCC2=O. The van der Waals surface area contributed by atoms with Gasteiger partial charge in [0.05, 0.1) is 5.56 Å². The molecule has 0 radical (unpaired) electrons. The first-order valence-electron chi connectivity index (χ1n) is 3.83. The third-order valence-electron chi connectivity index (χ3n) is 1.96. The van der Waals surface area contributed by atoms with Gasteiger partial charge in [-0.1, -0.05) is 0 Å². The lowest BCUT2D eigenvalue weighted by Gasteiger charge is -2.02. The maximum atomic E-state index is 13.1. The first-order valence-corrected chi connectivity index (χ1v) is 3.83. The number of Topliss-reactive ketones (excluding diaryl/α,β-unsaturated/α-hetero) is 1. The zero-order valence-electron chi connectivity index (χ0n) is 6.91. The molecule has 2 rings (SSSR count). The molecule has 72 valence electrons. The Balaban J connectivity index is 2.70. The molecule has 14 heavy (non-hydrogen) atoms. The summed E-state index contributed by atoms with van der Waals surface area (Å²) >= 11 is 0. The van der Waals surface area contributed by atoms with Gasteiger partial charge in [-0.25, -0.2) is 9.18 Å². The van der Waals surface area contributed by atoms with Crippen LogP contribution < -0.4 is 4.74 Å². The first-order chi connectivity index (χ1) is 6.61. The van der Waals surface area contributed by atoms with Gasteiger partial charge in [0.2, 0.25) is 5.78 Å². The van der Waals surface area contributed by atoms with Crippen LogP contribution in [-0.2, 0) is 0 Å². The number of carbonyl (C=O) groups excluding carboxylic acids is 1. The molecular weight excluding hydrogens is 191 g/mol. The molecule has 0 saturated heterocycles. The van der Waals surface area contributed by atoms with E-state index in [1.54, 1.807) is 0 Å².